The van der Waals surface area contributed by atoms with Gasteiger partial charge in [-0.05, 0) is 31.0 Å². The van der Waals surface area contributed by atoms with Crippen molar-refractivity contribution in [3.8, 4) is 0 Å². The monoisotopic (exact) mass is 302 g/mol. The molecule has 0 aliphatic rings. The van der Waals surface area contributed by atoms with Gasteiger partial charge >= 0.3 is 6.03 Å². The highest BCUT2D eigenvalue weighted by Crippen LogP contribution is 2.18. The molecule has 0 unspecified atom stereocenters. The van der Waals surface area contributed by atoms with Crippen LogP contribution in [0.5, 0.6) is 0 Å². The van der Waals surface area contributed by atoms with Gasteiger partial charge in [0, 0.05) is 24.8 Å². The molecule has 2 amide bonds. The molecule has 1 aromatic rings. The zero-order chi connectivity index (χ0) is 14.8. The fourth-order valence-electron chi connectivity index (χ4n) is 1.48. The van der Waals surface area contributed by atoms with Crippen LogP contribution < -0.4 is 10.6 Å². The third-order valence-corrected chi connectivity index (χ3v) is 2.81. The Hall–Kier alpha value is -1.33. The standard InChI is InChI=1S/C14H20ClFN2O2/c1-2-3-8-20-9-4-7-17-14(19)18-13-6-5-11(15)10-12(13)16/h5-6,10H,2-4,7-9H2,1H3,(H2,17,18,19). The number of benzene rings is 1. The summed E-state index contributed by atoms with van der Waals surface area (Å²) in [7, 11) is 0. The summed E-state index contributed by atoms with van der Waals surface area (Å²) < 4.78 is 18.8. The van der Waals surface area contributed by atoms with Crippen LogP contribution in [0.25, 0.3) is 0 Å². The number of halogens is 2. The average molecular weight is 303 g/mol. The zero-order valence-electron chi connectivity index (χ0n) is 11.5. The molecule has 20 heavy (non-hydrogen) atoms. The van der Waals surface area contributed by atoms with Crippen LogP contribution in [0.2, 0.25) is 5.02 Å². The maximum absolute atomic E-state index is 13.4. The van der Waals surface area contributed by atoms with Crippen molar-refractivity contribution in [3.05, 3.63) is 29.0 Å². The van der Waals surface area contributed by atoms with Gasteiger partial charge in [0.2, 0.25) is 0 Å². The molecule has 0 saturated heterocycles. The number of unbranched alkanes of at least 4 members (excludes halogenated alkanes) is 1. The number of anilines is 1. The Bertz CT molecular complexity index is 430. The molecule has 0 aliphatic heterocycles. The van der Waals surface area contributed by atoms with Gasteiger partial charge in [-0.25, -0.2) is 9.18 Å². The minimum Gasteiger partial charge on any atom is -0.381 e. The number of amides is 2. The van der Waals surface area contributed by atoms with Crippen LogP contribution in [0.4, 0.5) is 14.9 Å². The predicted octanol–water partition coefficient (Wildman–Crippen LogP) is 3.81. The van der Waals surface area contributed by atoms with Crippen LogP contribution in [0.1, 0.15) is 26.2 Å². The van der Waals surface area contributed by atoms with Crippen molar-refractivity contribution in [1.29, 1.82) is 0 Å². The average Bonchev–Trinajstić information content (AvgIpc) is 2.41. The minimum atomic E-state index is -0.560. The first-order valence-corrected chi connectivity index (χ1v) is 7.09. The first-order valence-electron chi connectivity index (χ1n) is 6.71. The van der Waals surface area contributed by atoms with E-state index in [-0.39, 0.29) is 10.7 Å². The molecule has 1 aromatic carbocycles. The molecule has 4 nitrogen and oxygen atoms in total. The van der Waals surface area contributed by atoms with Gasteiger partial charge in [0.05, 0.1) is 5.69 Å². The Balaban J connectivity index is 2.17. The van der Waals surface area contributed by atoms with E-state index >= 15 is 0 Å². The maximum atomic E-state index is 13.4. The third kappa shape index (κ3) is 6.73. The lowest BCUT2D eigenvalue weighted by molar-refractivity contribution is 0.129. The van der Waals surface area contributed by atoms with Crippen molar-refractivity contribution in [2.75, 3.05) is 25.1 Å². The molecule has 0 atom stereocenters. The van der Waals surface area contributed by atoms with Crippen molar-refractivity contribution in [2.24, 2.45) is 0 Å². The first-order chi connectivity index (χ1) is 9.63. The highest BCUT2D eigenvalue weighted by atomic mass is 35.5. The van der Waals surface area contributed by atoms with Crippen LogP contribution >= 0.6 is 11.6 Å². The van der Waals surface area contributed by atoms with Gasteiger partial charge in [-0.1, -0.05) is 24.9 Å². The summed E-state index contributed by atoms with van der Waals surface area (Å²) in [6.07, 6.45) is 2.87. The number of carbonyl (C=O) groups is 1. The smallest absolute Gasteiger partial charge is 0.319 e. The molecule has 0 bridgehead atoms. The maximum Gasteiger partial charge on any atom is 0.319 e. The van der Waals surface area contributed by atoms with E-state index in [0.29, 0.717) is 13.2 Å². The minimum absolute atomic E-state index is 0.103. The molecule has 0 saturated carbocycles. The Morgan fingerprint density at radius 2 is 2.10 bits per heavy atom. The second-order valence-electron chi connectivity index (χ2n) is 4.32. The Labute approximate surface area is 123 Å². The summed E-state index contributed by atoms with van der Waals surface area (Å²) in [6, 6.07) is 3.64. The summed E-state index contributed by atoms with van der Waals surface area (Å²) >= 11 is 5.63. The number of carbonyl (C=O) groups excluding carboxylic acids is 1. The van der Waals surface area contributed by atoms with Crippen molar-refractivity contribution in [1.82, 2.24) is 5.32 Å². The van der Waals surface area contributed by atoms with Crippen LogP contribution in [0, 0.1) is 5.82 Å². The van der Waals surface area contributed by atoms with E-state index in [9.17, 15) is 9.18 Å². The molecule has 0 radical (unpaired) electrons. The lowest BCUT2D eigenvalue weighted by atomic mass is 10.3. The number of urea groups is 1. The zero-order valence-corrected chi connectivity index (χ0v) is 12.3. The second kappa shape index (κ2) is 9.55. The van der Waals surface area contributed by atoms with Gasteiger partial charge in [0.15, 0.2) is 0 Å². The molecule has 1 rings (SSSR count). The molecule has 112 valence electrons. The Morgan fingerprint density at radius 3 is 2.80 bits per heavy atom. The fourth-order valence-corrected chi connectivity index (χ4v) is 1.64. The largest absolute Gasteiger partial charge is 0.381 e. The lowest BCUT2D eigenvalue weighted by Crippen LogP contribution is -2.30. The van der Waals surface area contributed by atoms with Gasteiger partial charge < -0.3 is 15.4 Å². The van der Waals surface area contributed by atoms with Crippen LogP contribution in [-0.2, 0) is 4.74 Å². The fraction of sp³-hybridized carbons (Fsp3) is 0.500. The van der Waals surface area contributed by atoms with Gasteiger partial charge in [0.25, 0.3) is 0 Å². The van der Waals surface area contributed by atoms with Crippen molar-refractivity contribution >= 4 is 23.3 Å². The van der Waals surface area contributed by atoms with Crippen molar-refractivity contribution in [2.45, 2.75) is 26.2 Å². The predicted molar refractivity (Wildman–Crippen MR) is 78.8 cm³/mol. The highest BCUT2D eigenvalue weighted by Gasteiger charge is 2.06. The Morgan fingerprint density at radius 1 is 1.35 bits per heavy atom. The molecule has 0 aliphatic carbocycles. The third-order valence-electron chi connectivity index (χ3n) is 2.57. The molecule has 0 heterocycles. The SMILES string of the molecule is CCCCOCCCNC(=O)Nc1ccc(Cl)cc1F. The highest BCUT2D eigenvalue weighted by molar-refractivity contribution is 6.30. The van der Waals surface area contributed by atoms with E-state index in [1.165, 1.54) is 12.1 Å². The summed E-state index contributed by atoms with van der Waals surface area (Å²) in [5, 5.41) is 5.35. The van der Waals surface area contributed by atoms with E-state index < -0.39 is 11.8 Å². The Kier molecular flexibility index (Phi) is 7.99. The van der Waals surface area contributed by atoms with E-state index in [1.807, 2.05) is 0 Å². The summed E-state index contributed by atoms with van der Waals surface area (Å²) in [4.78, 5) is 11.5. The normalized spacial score (nSPS) is 10.3. The number of ether oxygens (including phenoxy) is 1. The quantitative estimate of drug-likeness (QED) is 0.718. The van der Waals surface area contributed by atoms with Crippen molar-refractivity contribution in [3.63, 3.8) is 0 Å². The number of nitrogens with one attached hydrogen (secondary N) is 2. The molecule has 0 spiro atoms. The number of hydrogen-bond acceptors (Lipinski definition) is 2. The van der Waals surface area contributed by atoms with Crippen molar-refractivity contribution < 1.29 is 13.9 Å². The molecular formula is C14H20ClFN2O2. The van der Waals surface area contributed by atoms with Crippen LogP contribution in [-0.4, -0.2) is 25.8 Å². The number of rotatable bonds is 8. The molecule has 0 aromatic heterocycles. The van der Waals surface area contributed by atoms with Crippen LogP contribution in [0.15, 0.2) is 18.2 Å². The van der Waals surface area contributed by atoms with E-state index in [4.69, 9.17) is 16.3 Å². The molecule has 0 fully saturated rings. The van der Waals surface area contributed by atoms with E-state index in [2.05, 4.69) is 17.6 Å². The van der Waals surface area contributed by atoms with Gasteiger partial charge in [-0.2, -0.15) is 0 Å². The van der Waals surface area contributed by atoms with Gasteiger partial charge in [0.1, 0.15) is 5.82 Å². The van der Waals surface area contributed by atoms with Gasteiger partial charge in [-0.15, -0.1) is 0 Å². The molecular weight excluding hydrogens is 283 g/mol. The van der Waals surface area contributed by atoms with Crippen LogP contribution in [0.3, 0.4) is 0 Å². The lowest BCUT2D eigenvalue weighted by Gasteiger charge is -2.08. The van der Waals surface area contributed by atoms with E-state index in [0.717, 1.165) is 31.9 Å². The summed E-state index contributed by atoms with van der Waals surface area (Å²) in [5.74, 6) is -0.560. The second-order valence-corrected chi connectivity index (χ2v) is 4.76. The number of hydrogen-bond donors (Lipinski definition) is 2. The summed E-state index contributed by atoms with van der Waals surface area (Å²) in [5.41, 5.74) is 0.103. The first kappa shape index (κ1) is 16.7. The van der Waals surface area contributed by atoms with Gasteiger partial charge in [-0.3, -0.25) is 0 Å². The van der Waals surface area contributed by atoms with E-state index in [1.54, 1.807) is 0 Å². The summed E-state index contributed by atoms with van der Waals surface area (Å²) in [6.45, 7) is 3.94. The topological polar surface area (TPSA) is 50.4 Å². The molecule has 2 N–H and O–H groups in total. The molecule has 6 heteroatoms.